The Kier molecular flexibility index (Phi) is 4.90. The molecule has 0 saturated carbocycles. The first kappa shape index (κ1) is 20.8. The van der Waals surface area contributed by atoms with Crippen molar-refractivity contribution in [1.82, 2.24) is 24.1 Å². The van der Waals surface area contributed by atoms with Gasteiger partial charge < -0.3 is 4.57 Å². The highest BCUT2D eigenvalue weighted by atomic mass is 32.2. The van der Waals surface area contributed by atoms with Gasteiger partial charge in [0.25, 0.3) is 0 Å². The Bertz CT molecular complexity index is 1380. The van der Waals surface area contributed by atoms with Gasteiger partial charge in [-0.25, -0.2) is 17.8 Å². The van der Waals surface area contributed by atoms with Crippen LogP contribution in [0.5, 0.6) is 0 Å². The number of fused-ring (bicyclic) bond motifs is 1. The number of nitrogens with zero attached hydrogens (tertiary/aromatic N) is 4. The number of hydrogen-bond acceptors (Lipinski definition) is 4. The van der Waals surface area contributed by atoms with Crippen LogP contribution in [0.15, 0.2) is 66.0 Å². The van der Waals surface area contributed by atoms with E-state index in [0.717, 1.165) is 22.3 Å². The van der Waals surface area contributed by atoms with Gasteiger partial charge in [0.15, 0.2) is 0 Å². The summed E-state index contributed by atoms with van der Waals surface area (Å²) in [6.07, 6.45) is 6.20. The van der Waals surface area contributed by atoms with E-state index in [1.807, 2.05) is 38.2 Å². The van der Waals surface area contributed by atoms with Crippen molar-refractivity contribution in [2.24, 2.45) is 5.92 Å². The van der Waals surface area contributed by atoms with E-state index in [0.29, 0.717) is 19.5 Å². The third-order valence-electron chi connectivity index (χ3n) is 6.17. The van der Waals surface area contributed by atoms with E-state index in [-0.39, 0.29) is 10.8 Å². The van der Waals surface area contributed by atoms with Crippen LogP contribution < -0.4 is 0 Å². The molecule has 1 unspecified atom stereocenters. The van der Waals surface area contributed by atoms with Gasteiger partial charge in [-0.05, 0) is 56.5 Å². The number of H-pyrrole nitrogens is 1. The standard InChI is InChI=1S/C23H24FN5O2S/c1-23(2)11-16(15-29(23)32(30,31)22-6-4-3-5-18(22)24)14-28-10-9-20-21(28)8-7-19(27-20)17-12-25-26-13-17/h3-10,12-13,16H,11,14-15H2,1-2H3,(H,25,26). The van der Waals surface area contributed by atoms with Crippen LogP contribution in [0.1, 0.15) is 20.3 Å². The fourth-order valence-corrected chi connectivity index (χ4v) is 6.67. The van der Waals surface area contributed by atoms with Crippen molar-refractivity contribution in [3.05, 3.63) is 66.9 Å². The first-order valence-electron chi connectivity index (χ1n) is 10.5. The van der Waals surface area contributed by atoms with Gasteiger partial charge in [0.1, 0.15) is 10.7 Å². The zero-order chi connectivity index (χ0) is 22.5. The summed E-state index contributed by atoms with van der Waals surface area (Å²) in [4.78, 5) is 4.45. The maximum absolute atomic E-state index is 14.3. The average molecular weight is 454 g/mol. The molecule has 5 rings (SSSR count). The number of hydrogen-bond donors (Lipinski definition) is 1. The molecular weight excluding hydrogens is 429 g/mol. The van der Waals surface area contributed by atoms with Crippen LogP contribution in [0.2, 0.25) is 0 Å². The Balaban J connectivity index is 1.40. The lowest BCUT2D eigenvalue weighted by Crippen LogP contribution is -2.42. The second kappa shape index (κ2) is 7.53. The van der Waals surface area contributed by atoms with Crippen LogP contribution in [-0.2, 0) is 16.6 Å². The summed E-state index contributed by atoms with van der Waals surface area (Å²) >= 11 is 0. The van der Waals surface area contributed by atoms with Crippen molar-refractivity contribution < 1.29 is 12.8 Å². The van der Waals surface area contributed by atoms with Crippen LogP contribution in [-0.4, -0.2) is 44.6 Å². The van der Waals surface area contributed by atoms with E-state index in [1.54, 1.807) is 18.5 Å². The fourth-order valence-electron chi connectivity index (χ4n) is 4.74. The highest BCUT2D eigenvalue weighted by Gasteiger charge is 2.46. The summed E-state index contributed by atoms with van der Waals surface area (Å²) < 4.78 is 44.3. The van der Waals surface area contributed by atoms with Gasteiger partial charge in [0, 0.05) is 36.6 Å². The topological polar surface area (TPSA) is 83.9 Å². The minimum Gasteiger partial charge on any atom is -0.346 e. The second-order valence-electron chi connectivity index (χ2n) is 8.91. The molecule has 1 aliphatic heterocycles. The molecule has 1 aromatic carbocycles. The summed E-state index contributed by atoms with van der Waals surface area (Å²) in [5, 5.41) is 6.77. The molecule has 1 fully saturated rings. The van der Waals surface area contributed by atoms with Gasteiger partial charge in [-0.2, -0.15) is 9.40 Å². The first-order valence-corrected chi connectivity index (χ1v) is 11.9. The number of nitrogens with one attached hydrogen (secondary N) is 1. The smallest absolute Gasteiger partial charge is 0.246 e. The van der Waals surface area contributed by atoms with E-state index in [4.69, 9.17) is 4.98 Å². The first-order chi connectivity index (χ1) is 15.3. The molecule has 7 nitrogen and oxygen atoms in total. The summed E-state index contributed by atoms with van der Waals surface area (Å²) in [6, 6.07) is 11.5. The third kappa shape index (κ3) is 3.51. The van der Waals surface area contributed by atoms with E-state index in [9.17, 15) is 12.8 Å². The molecule has 0 radical (unpaired) electrons. The van der Waals surface area contributed by atoms with Crippen LogP contribution in [0.25, 0.3) is 22.3 Å². The van der Waals surface area contributed by atoms with Gasteiger partial charge in [0.2, 0.25) is 10.0 Å². The van der Waals surface area contributed by atoms with Crippen molar-refractivity contribution in [1.29, 1.82) is 0 Å². The Hall–Kier alpha value is -3.04. The molecule has 1 N–H and O–H groups in total. The maximum Gasteiger partial charge on any atom is 0.246 e. The number of pyridine rings is 1. The van der Waals surface area contributed by atoms with Crippen LogP contribution in [0.3, 0.4) is 0 Å². The lowest BCUT2D eigenvalue weighted by molar-refractivity contribution is 0.290. The zero-order valence-corrected chi connectivity index (χ0v) is 18.7. The Labute approximate surface area is 185 Å². The quantitative estimate of drug-likeness (QED) is 0.494. The summed E-state index contributed by atoms with van der Waals surface area (Å²) in [5.74, 6) is -0.627. The van der Waals surface area contributed by atoms with E-state index < -0.39 is 21.4 Å². The minimum atomic E-state index is -3.93. The summed E-state index contributed by atoms with van der Waals surface area (Å²) in [6.45, 7) is 4.79. The Morgan fingerprint density at radius 1 is 1.19 bits per heavy atom. The average Bonchev–Trinajstić information content (AvgIpc) is 3.47. The number of halogens is 1. The Morgan fingerprint density at radius 2 is 2.00 bits per heavy atom. The molecule has 1 saturated heterocycles. The maximum atomic E-state index is 14.3. The molecule has 166 valence electrons. The number of benzene rings is 1. The predicted octanol–water partition coefficient (Wildman–Crippen LogP) is 4.05. The summed E-state index contributed by atoms with van der Waals surface area (Å²) in [5.41, 5.74) is 3.02. The third-order valence-corrected chi connectivity index (χ3v) is 8.28. The van der Waals surface area contributed by atoms with Crippen molar-refractivity contribution >= 4 is 21.1 Å². The zero-order valence-electron chi connectivity index (χ0n) is 17.9. The van der Waals surface area contributed by atoms with Crippen LogP contribution in [0, 0.1) is 11.7 Å². The van der Waals surface area contributed by atoms with Crippen LogP contribution >= 0.6 is 0 Å². The van der Waals surface area contributed by atoms with Crippen molar-refractivity contribution in [2.45, 2.75) is 37.2 Å². The number of aromatic amines is 1. The molecular formula is C23H24FN5O2S. The molecule has 0 amide bonds. The minimum absolute atomic E-state index is 0.0932. The molecule has 3 aromatic heterocycles. The number of rotatable bonds is 5. The molecule has 4 heterocycles. The van der Waals surface area contributed by atoms with Gasteiger partial charge in [0.05, 0.1) is 22.9 Å². The van der Waals surface area contributed by atoms with Gasteiger partial charge >= 0.3 is 0 Å². The van der Waals surface area contributed by atoms with Gasteiger partial charge in [-0.15, -0.1) is 0 Å². The molecule has 32 heavy (non-hydrogen) atoms. The monoisotopic (exact) mass is 453 g/mol. The van der Waals surface area contributed by atoms with Crippen molar-refractivity contribution in [3.8, 4) is 11.3 Å². The predicted molar refractivity (Wildman–Crippen MR) is 120 cm³/mol. The molecule has 0 bridgehead atoms. The fraction of sp³-hybridized carbons (Fsp3) is 0.304. The van der Waals surface area contributed by atoms with Crippen molar-refractivity contribution in [2.75, 3.05) is 6.54 Å². The van der Waals surface area contributed by atoms with Crippen LogP contribution in [0.4, 0.5) is 4.39 Å². The highest BCUT2D eigenvalue weighted by Crippen LogP contribution is 2.38. The number of aromatic nitrogens is 4. The van der Waals surface area contributed by atoms with E-state index in [1.165, 1.54) is 22.5 Å². The largest absolute Gasteiger partial charge is 0.346 e. The molecule has 1 atom stereocenters. The van der Waals surface area contributed by atoms with Gasteiger partial charge in [-0.3, -0.25) is 5.10 Å². The molecule has 0 aliphatic carbocycles. The van der Waals surface area contributed by atoms with E-state index >= 15 is 0 Å². The molecule has 0 spiro atoms. The number of sulfonamides is 1. The van der Waals surface area contributed by atoms with E-state index in [2.05, 4.69) is 14.8 Å². The normalized spacial score (nSPS) is 19.0. The second-order valence-corrected chi connectivity index (χ2v) is 10.7. The van der Waals surface area contributed by atoms with Crippen molar-refractivity contribution in [3.63, 3.8) is 0 Å². The molecule has 4 aromatic rings. The van der Waals surface area contributed by atoms with Gasteiger partial charge in [-0.1, -0.05) is 12.1 Å². The Morgan fingerprint density at radius 3 is 2.75 bits per heavy atom. The molecule has 9 heteroatoms. The SMILES string of the molecule is CC1(C)CC(Cn2ccc3nc(-c4cn[nH]c4)ccc32)CN1S(=O)(=O)c1ccccc1F. The summed E-state index contributed by atoms with van der Waals surface area (Å²) in [7, 11) is -3.93. The lowest BCUT2D eigenvalue weighted by Gasteiger charge is -2.30. The lowest BCUT2D eigenvalue weighted by atomic mass is 9.97. The highest BCUT2D eigenvalue weighted by molar-refractivity contribution is 7.89. The molecule has 1 aliphatic rings.